The summed E-state index contributed by atoms with van der Waals surface area (Å²) in [6.07, 6.45) is 2.90. The van der Waals surface area contributed by atoms with Gasteiger partial charge in [-0.25, -0.2) is 8.42 Å². The molecule has 41 heavy (non-hydrogen) atoms. The molecular formula is C30H34Cl3N3O4S. The van der Waals surface area contributed by atoms with Crippen LogP contribution >= 0.6 is 34.8 Å². The molecule has 2 amide bonds. The van der Waals surface area contributed by atoms with E-state index in [4.69, 9.17) is 34.8 Å². The number of nitrogens with zero attached hydrogens (tertiary/aromatic N) is 2. The van der Waals surface area contributed by atoms with E-state index in [2.05, 4.69) is 5.32 Å². The number of rotatable bonds is 13. The minimum absolute atomic E-state index is 0.0420. The van der Waals surface area contributed by atoms with E-state index in [9.17, 15) is 18.0 Å². The first-order valence-electron chi connectivity index (χ1n) is 13.2. The first-order valence-corrected chi connectivity index (χ1v) is 16.2. The molecule has 0 aliphatic heterocycles. The van der Waals surface area contributed by atoms with Crippen molar-refractivity contribution in [2.24, 2.45) is 0 Å². The summed E-state index contributed by atoms with van der Waals surface area (Å²) in [7, 11) is -3.91. The highest BCUT2D eigenvalue weighted by Gasteiger charge is 2.33. The monoisotopic (exact) mass is 637 g/mol. The zero-order valence-corrected chi connectivity index (χ0v) is 26.3. The molecule has 3 rings (SSSR count). The summed E-state index contributed by atoms with van der Waals surface area (Å²) < 4.78 is 27.0. The molecule has 11 heteroatoms. The van der Waals surface area contributed by atoms with Crippen LogP contribution in [0.25, 0.3) is 0 Å². The van der Waals surface area contributed by atoms with Crippen molar-refractivity contribution in [1.82, 2.24) is 10.2 Å². The number of amides is 2. The summed E-state index contributed by atoms with van der Waals surface area (Å²) in [4.78, 5) is 29.2. The van der Waals surface area contributed by atoms with Crippen LogP contribution in [0.2, 0.25) is 15.1 Å². The molecule has 0 aliphatic rings. The Balaban J connectivity index is 2.09. The number of benzene rings is 3. The number of carbonyl (C=O) groups is 2. The number of hydrogen-bond acceptors (Lipinski definition) is 4. The summed E-state index contributed by atoms with van der Waals surface area (Å²) in [6, 6.07) is 18.2. The molecule has 0 heterocycles. The normalized spacial score (nSPS) is 12.0. The lowest BCUT2D eigenvalue weighted by molar-refractivity contribution is -0.140. The van der Waals surface area contributed by atoms with Gasteiger partial charge in [-0.15, -0.1) is 0 Å². The molecule has 1 N–H and O–H groups in total. The Morgan fingerprint density at radius 1 is 0.951 bits per heavy atom. The fourth-order valence-electron chi connectivity index (χ4n) is 4.35. The standard InChI is InChI=1S/C30H34Cl3N3O4S/c1-4-5-16-34-30(38)28(17-22-10-7-6-8-11-22)35(19-23-14-15-24(31)18-26(23)33)29(37)20-36(41(3,39)40)27-13-9-12-25(32)21(27)2/h6-15,18,28H,4-5,16-17,19-20H2,1-3H3,(H,34,38)/t28-/m0/s1. The molecule has 3 aromatic carbocycles. The Bertz CT molecular complexity index is 1470. The molecule has 0 fully saturated rings. The van der Waals surface area contributed by atoms with Crippen molar-refractivity contribution in [3.05, 3.63) is 98.5 Å². The second-order valence-electron chi connectivity index (χ2n) is 9.76. The van der Waals surface area contributed by atoms with Crippen LogP contribution in [0, 0.1) is 6.92 Å². The lowest BCUT2D eigenvalue weighted by Gasteiger charge is -2.34. The van der Waals surface area contributed by atoms with Crippen LogP contribution in [0.4, 0.5) is 5.69 Å². The zero-order chi connectivity index (χ0) is 30.2. The fourth-order valence-corrected chi connectivity index (χ4v) is 5.89. The third kappa shape index (κ3) is 9.10. The molecule has 7 nitrogen and oxygen atoms in total. The first kappa shape index (κ1) is 32.7. The van der Waals surface area contributed by atoms with Gasteiger partial charge in [0.1, 0.15) is 12.6 Å². The van der Waals surface area contributed by atoms with Crippen LogP contribution in [0.3, 0.4) is 0 Å². The Morgan fingerprint density at radius 2 is 1.66 bits per heavy atom. The van der Waals surface area contributed by atoms with Gasteiger partial charge in [0.25, 0.3) is 0 Å². The molecule has 0 spiro atoms. The fraction of sp³-hybridized carbons (Fsp3) is 0.333. The number of halogens is 3. The smallest absolute Gasteiger partial charge is 0.244 e. The SMILES string of the molecule is CCCCNC(=O)[C@H](Cc1ccccc1)N(Cc1ccc(Cl)cc1Cl)C(=O)CN(c1cccc(Cl)c1C)S(C)(=O)=O. The maximum atomic E-state index is 14.2. The number of anilines is 1. The van der Waals surface area contributed by atoms with Crippen molar-refractivity contribution in [3.8, 4) is 0 Å². The van der Waals surface area contributed by atoms with E-state index in [0.717, 1.165) is 29.0 Å². The molecule has 220 valence electrons. The highest BCUT2D eigenvalue weighted by atomic mass is 35.5. The summed E-state index contributed by atoms with van der Waals surface area (Å²) in [5.74, 6) is -0.919. The van der Waals surface area contributed by atoms with E-state index in [1.807, 2.05) is 37.3 Å². The molecule has 1 atom stereocenters. The van der Waals surface area contributed by atoms with Crippen molar-refractivity contribution in [3.63, 3.8) is 0 Å². The van der Waals surface area contributed by atoms with E-state index in [1.54, 1.807) is 43.3 Å². The van der Waals surface area contributed by atoms with E-state index in [0.29, 0.717) is 32.7 Å². The molecule has 3 aromatic rings. The second-order valence-corrected chi connectivity index (χ2v) is 12.9. The van der Waals surface area contributed by atoms with Crippen LogP contribution < -0.4 is 9.62 Å². The van der Waals surface area contributed by atoms with Crippen LogP contribution in [-0.2, 0) is 32.6 Å². The molecule has 0 aromatic heterocycles. The maximum absolute atomic E-state index is 14.2. The van der Waals surface area contributed by atoms with Gasteiger partial charge >= 0.3 is 0 Å². The molecule has 0 saturated heterocycles. The largest absolute Gasteiger partial charge is 0.354 e. The van der Waals surface area contributed by atoms with Gasteiger partial charge in [0.2, 0.25) is 21.8 Å². The quantitative estimate of drug-likeness (QED) is 0.223. The molecular weight excluding hydrogens is 605 g/mol. The summed E-state index contributed by atoms with van der Waals surface area (Å²) in [5, 5.41) is 4.06. The Labute approximate surface area is 257 Å². The summed E-state index contributed by atoms with van der Waals surface area (Å²) in [6.45, 7) is 3.56. The number of hydrogen-bond donors (Lipinski definition) is 1. The lowest BCUT2D eigenvalue weighted by Crippen LogP contribution is -2.53. The average molecular weight is 639 g/mol. The van der Waals surface area contributed by atoms with E-state index >= 15 is 0 Å². The molecule has 0 bridgehead atoms. The van der Waals surface area contributed by atoms with E-state index in [1.165, 1.54) is 4.90 Å². The number of unbranched alkanes of at least 4 members (excludes halogenated alkanes) is 1. The number of sulfonamides is 1. The average Bonchev–Trinajstić information content (AvgIpc) is 2.92. The van der Waals surface area contributed by atoms with Gasteiger partial charge in [0.15, 0.2) is 0 Å². The number of carbonyl (C=O) groups excluding carboxylic acids is 2. The van der Waals surface area contributed by atoms with Crippen LogP contribution in [0.15, 0.2) is 66.7 Å². The van der Waals surface area contributed by atoms with Gasteiger partial charge in [-0.05, 0) is 54.3 Å². The van der Waals surface area contributed by atoms with Crippen molar-refractivity contribution >= 4 is 62.3 Å². The first-order chi connectivity index (χ1) is 19.4. The predicted octanol–water partition coefficient (Wildman–Crippen LogP) is 6.28. The lowest BCUT2D eigenvalue weighted by atomic mass is 10.0. The van der Waals surface area contributed by atoms with Crippen LogP contribution in [0.5, 0.6) is 0 Å². The summed E-state index contributed by atoms with van der Waals surface area (Å²) in [5.41, 5.74) is 2.20. The highest BCUT2D eigenvalue weighted by Crippen LogP contribution is 2.29. The van der Waals surface area contributed by atoms with E-state index in [-0.39, 0.29) is 24.6 Å². The topological polar surface area (TPSA) is 86.8 Å². The third-order valence-electron chi connectivity index (χ3n) is 6.64. The van der Waals surface area contributed by atoms with Crippen LogP contribution in [-0.4, -0.2) is 50.5 Å². The molecule has 0 unspecified atom stereocenters. The maximum Gasteiger partial charge on any atom is 0.244 e. The third-order valence-corrected chi connectivity index (χ3v) is 8.77. The van der Waals surface area contributed by atoms with Crippen molar-refractivity contribution < 1.29 is 18.0 Å². The highest BCUT2D eigenvalue weighted by molar-refractivity contribution is 7.92. The minimum atomic E-state index is -3.91. The molecule has 0 aliphatic carbocycles. The van der Waals surface area contributed by atoms with Gasteiger partial charge in [-0.2, -0.15) is 0 Å². The van der Waals surface area contributed by atoms with Gasteiger partial charge in [0, 0.05) is 34.6 Å². The van der Waals surface area contributed by atoms with E-state index < -0.39 is 28.5 Å². The molecule has 0 saturated carbocycles. The van der Waals surface area contributed by atoms with Gasteiger partial charge in [-0.3, -0.25) is 13.9 Å². The summed E-state index contributed by atoms with van der Waals surface area (Å²) >= 11 is 18.9. The van der Waals surface area contributed by atoms with Crippen LogP contribution in [0.1, 0.15) is 36.5 Å². The van der Waals surface area contributed by atoms with Gasteiger partial charge in [-0.1, -0.05) is 90.6 Å². The Hall–Kier alpha value is -2.78. The van der Waals surface area contributed by atoms with Crippen molar-refractivity contribution in [2.75, 3.05) is 23.7 Å². The van der Waals surface area contributed by atoms with Crippen molar-refractivity contribution in [1.29, 1.82) is 0 Å². The minimum Gasteiger partial charge on any atom is -0.354 e. The number of nitrogens with one attached hydrogen (secondary N) is 1. The molecule has 0 radical (unpaired) electrons. The van der Waals surface area contributed by atoms with Gasteiger partial charge in [0.05, 0.1) is 11.9 Å². The Morgan fingerprint density at radius 3 is 2.29 bits per heavy atom. The van der Waals surface area contributed by atoms with Gasteiger partial charge < -0.3 is 10.2 Å². The predicted molar refractivity (Wildman–Crippen MR) is 167 cm³/mol. The Kier molecular flexibility index (Phi) is 11.9. The second kappa shape index (κ2) is 14.9. The van der Waals surface area contributed by atoms with Crippen molar-refractivity contribution in [2.45, 2.75) is 45.7 Å². The zero-order valence-electron chi connectivity index (χ0n) is 23.2.